The second-order valence-corrected chi connectivity index (χ2v) is 4.39. The molecule has 19 heavy (non-hydrogen) atoms. The molecule has 0 saturated carbocycles. The van der Waals surface area contributed by atoms with Gasteiger partial charge in [0.25, 0.3) is 0 Å². The van der Waals surface area contributed by atoms with E-state index < -0.39 is 0 Å². The van der Waals surface area contributed by atoms with Crippen molar-refractivity contribution < 1.29 is 14.3 Å². The summed E-state index contributed by atoms with van der Waals surface area (Å²) < 4.78 is 10.4. The van der Waals surface area contributed by atoms with Crippen LogP contribution < -0.4 is 20.5 Å². The summed E-state index contributed by atoms with van der Waals surface area (Å²) in [5.74, 6) is 1.16. The van der Waals surface area contributed by atoms with Gasteiger partial charge in [-0.1, -0.05) is 6.92 Å². The van der Waals surface area contributed by atoms with Crippen LogP contribution in [0.15, 0.2) is 18.2 Å². The predicted molar refractivity (Wildman–Crippen MR) is 75.6 cm³/mol. The van der Waals surface area contributed by atoms with Crippen molar-refractivity contribution in [2.45, 2.75) is 19.8 Å². The summed E-state index contributed by atoms with van der Waals surface area (Å²) in [6, 6.07) is 5.29. The number of carbonyl (C=O) groups excluding carboxylic acids is 1. The number of amides is 1. The number of nitrogens with two attached hydrogens (primary N) is 1. The average molecular weight is 266 g/mol. The van der Waals surface area contributed by atoms with Gasteiger partial charge in [0.1, 0.15) is 11.5 Å². The monoisotopic (exact) mass is 266 g/mol. The highest BCUT2D eigenvalue weighted by molar-refractivity contribution is 5.94. The number of rotatable bonds is 7. The minimum absolute atomic E-state index is 0.0417. The Labute approximate surface area is 114 Å². The lowest BCUT2D eigenvalue weighted by Gasteiger charge is -2.15. The van der Waals surface area contributed by atoms with Crippen LogP contribution in [-0.4, -0.2) is 26.7 Å². The fourth-order valence-corrected chi connectivity index (χ4v) is 1.72. The Bertz CT molecular complexity index is 421. The summed E-state index contributed by atoms with van der Waals surface area (Å²) in [5, 5.41) is 2.86. The molecule has 0 spiro atoms. The number of hydrogen-bond donors (Lipinski definition) is 2. The van der Waals surface area contributed by atoms with Crippen molar-refractivity contribution in [3.05, 3.63) is 18.2 Å². The lowest BCUT2D eigenvalue weighted by Crippen LogP contribution is -2.21. The molecule has 5 heteroatoms. The normalized spacial score (nSPS) is 11.8. The van der Waals surface area contributed by atoms with Crippen molar-refractivity contribution in [1.29, 1.82) is 0 Å². The van der Waals surface area contributed by atoms with E-state index in [0.29, 0.717) is 23.7 Å². The molecular formula is C14H22N2O3. The summed E-state index contributed by atoms with van der Waals surface area (Å²) in [6.07, 6.45) is 1.61. The molecule has 0 bridgehead atoms. The zero-order valence-corrected chi connectivity index (χ0v) is 11.7. The SMILES string of the molecule is COc1ccc(OC)c(NC(=O)C(C)CCCN)c1. The van der Waals surface area contributed by atoms with E-state index in [1.165, 1.54) is 0 Å². The first kappa shape index (κ1) is 15.3. The smallest absolute Gasteiger partial charge is 0.227 e. The van der Waals surface area contributed by atoms with E-state index >= 15 is 0 Å². The number of benzene rings is 1. The maximum atomic E-state index is 12.0. The van der Waals surface area contributed by atoms with Crippen molar-refractivity contribution >= 4 is 11.6 Å². The Morgan fingerprint density at radius 2 is 2.11 bits per heavy atom. The zero-order chi connectivity index (χ0) is 14.3. The second-order valence-electron chi connectivity index (χ2n) is 4.39. The molecule has 0 aliphatic heterocycles. The maximum absolute atomic E-state index is 12.0. The minimum Gasteiger partial charge on any atom is -0.497 e. The van der Waals surface area contributed by atoms with E-state index in [4.69, 9.17) is 15.2 Å². The molecule has 0 aliphatic carbocycles. The lowest BCUT2D eigenvalue weighted by atomic mass is 10.0. The van der Waals surface area contributed by atoms with Crippen LogP contribution in [0.1, 0.15) is 19.8 Å². The van der Waals surface area contributed by atoms with Gasteiger partial charge in [-0.05, 0) is 31.5 Å². The van der Waals surface area contributed by atoms with Gasteiger partial charge in [-0.3, -0.25) is 4.79 Å². The first-order valence-corrected chi connectivity index (χ1v) is 6.35. The fourth-order valence-electron chi connectivity index (χ4n) is 1.72. The predicted octanol–water partition coefficient (Wildman–Crippen LogP) is 2.02. The summed E-state index contributed by atoms with van der Waals surface area (Å²) in [5.41, 5.74) is 6.06. The number of methoxy groups -OCH3 is 2. The number of carbonyl (C=O) groups is 1. The van der Waals surface area contributed by atoms with E-state index in [-0.39, 0.29) is 11.8 Å². The molecule has 0 saturated heterocycles. The molecular weight excluding hydrogens is 244 g/mol. The van der Waals surface area contributed by atoms with Crippen LogP contribution in [0.25, 0.3) is 0 Å². The van der Waals surface area contributed by atoms with Gasteiger partial charge in [0.05, 0.1) is 19.9 Å². The van der Waals surface area contributed by atoms with Crippen LogP contribution >= 0.6 is 0 Å². The Morgan fingerprint density at radius 3 is 2.68 bits per heavy atom. The molecule has 3 N–H and O–H groups in total. The minimum atomic E-state index is -0.0838. The second kappa shape index (κ2) is 7.63. The van der Waals surface area contributed by atoms with Crippen LogP contribution in [0, 0.1) is 5.92 Å². The third-order valence-electron chi connectivity index (χ3n) is 2.95. The van der Waals surface area contributed by atoms with E-state index in [1.54, 1.807) is 32.4 Å². The van der Waals surface area contributed by atoms with E-state index in [0.717, 1.165) is 12.8 Å². The molecule has 0 aliphatic rings. The summed E-state index contributed by atoms with van der Waals surface area (Å²) in [4.78, 5) is 12.0. The lowest BCUT2D eigenvalue weighted by molar-refractivity contribution is -0.119. The maximum Gasteiger partial charge on any atom is 0.227 e. The molecule has 1 rings (SSSR count). The van der Waals surface area contributed by atoms with Crippen LogP contribution in [0.3, 0.4) is 0 Å². The molecule has 0 aromatic heterocycles. The van der Waals surface area contributed by atoms with Gasteiger partial charge in [-0.2, -0.15) is 0 Å². The van der Waals surface area contributed by atoms with Gasteiger partial charge in [0.2, 0.25) is 5.91 Å². The van der Waals surface area contributed by atoms with Gasteiger partial charge in [-0.25, -0.2) is 0 Å². The Hall–Kier alpha value is -1.75. The topological polar surface area (TPSA) is 73.6 Å². The van der Waals surface area contributed by atoms with Gasteiger partial charge in [-0.15, -0.1) is 0 Å². The van der Waals surface area contributed by atoms with E-state index in [9.17, 15) is 4.79 Å². The quantitative estimate of drug-likeness (QED) is 0.792. The molecule has 0 fully saturated rings. The molecule has 1 aromatic carbocycles. The van der Waals surface area contributed by atoms with Crippen molar-refractivity contribution in [3.8, 4) is 11.5 Å². The molecule has 1 unspecified atom stereocenters. The highest BCUT2D eigenvalue weighted by Gasteiger charge is 2.15. The standard InChI is InChI=1S/C14H22N2O3/c1-10(5-4-8-15)14(17)16-12-9-11(18-2)6-7-13(12)19-3/h6-7,9-10H,4-5,8,15H2,1-3H3,(H,16,17). The van der Waals surface area contributed by atoms with Crippen molar-refractivity contribution in [1.82, 2.24) is 0 Å². The molecule has 0 heterocycles. The zero-order valence-electron chi connectivity index (χ0n) is 11.7. The van der Waals surface area contributed by atoms with Gasteiger partial charge in [0.15, 0.2) is 0 Å². The van der Waals surface area contributed by atoms with Gasteiger partial charge in [0, 0.05) is 12.0 Å². The van der Waals surface area contributed by atoms with Crippen molar-refractivity contribution in [3.63, 3.8) is 0 Å². The summed E-state index contributed by atoms with van der Waals surface area (Å²) in [6.45, 7) is 2.48. The molecule has 1 amide bonds. The molecule has 1 aromatic rings. The highest BCUT2D eigenvalue weighted by atomic mass is 16.5. The molecule has 0 radical (unpaired) electrons. The number of ether oxygens (including phenoxy) is 2. The van der Waals surface area contributed by atoms with E-state index in [1.807, 2.05) is 6.92 Å². The molecule has 106 valence electrons. The molecule has 1 atom stereocenters. The first-order chi connectivity index (χ1) is 9.12. The fraction of sp³-hybridized carbons (Fsp3) is 0.500. The van der Waals surface area contributed by atoms with Gasteiger partial charge < -0.3 is 20.5 Å². The third kappa shape index (κ3) is 4.44. The Balaban J connectivity index is 2.76. The summed E-state index contributed by atoms with van der Waals surface area (Å²) in [7, 11) is 3.15. The molecule has 5 nitrogen and oxygen atoms in total. The first-order valence-electron chi connectivity index (χ1n) is 6.35. The number of anilines is 1. The summed E-state index contributed by atoms with van der Waals surface area (Å²) >= 11 is 0. The van der Waals surface area contributed by atoms with Crippen molar-refractivity contribution in [2.75, 3.05) is 26.1 Å². The number of hydrogen-bond acceptors (Lipinski definition) is 4. The largest absolute Gasteiger partial charge is 0.497 e. The van der Waals surface area contributed by atoms with Crippen molar-refractivity contribution in [2.24, 2.45) is 11.7 Å². The average Bonchev–Trinajstić information content (AvgIpc) is 2.44. The highest BCUT2D eigenvalue weighted by Crippen LogP contribution is 2.29. The van der Waals surface area contributed by atoms with Crippen LogP contribution in [0.4, 0.5) is 5.69 Å². The third-order valence-corrected chi connectivity index (χ3v) is 2.95. The van der Waals surface area contributed by atoms with Gasteiger partial charge >= 0.3 is 0 Å². The van der Waals surface area contributed by atoms with Crippen LogP contribution in [0.2, 0.25) is 0 Å². The van der Waals surface area contributed by atoms with Crippen LogP contribution in [-0.2, 0) is 4.79 Å². The number of nitrogens with one attached hydrogen (secondary N) is 1. The van der Waals surface area contributed by atoms with E-state index in [2.05, 4.69) is 5.32 Å². The Kier molecular flexibility index (Phi) is 6.15. The van der Waals surface area contributed by atoms with Crippen LogP contribution in [0.5, 0.6) is 11.5 Å². The Morgan fingerprint density at radius 1 is 1.37 bits per heavy atom.